The van der Waals surface area contributed by atoms with E-state index >= 15 is 0 Å². The highest BCUT2D eigenvalue weighted by atomic mass is 79.9. The number of aromatic amines is 1. The molecule has 2 aromatic rings. The maximum Gasteiger partial charge on any atom is 0.329 e. The minimum Gasteiger partial charge on any atom is -0.378 e. The second-order valence-electron chi connectivity index (χ2n) is 5.03. The van der Waals surface area contributed by atoms with Crippen molar-refractivity contribution in [1.82, 2.24) is 24.4 Å². The average Bonchev–Trinajstić information content (AvgIpc) is 2.85. The smallest absolute Gasteiger partial charge is 0.329 e. The largest absolute Gasteiger partial charge is 0.378 e. The first-order valence-corrected chi connectivity index (χ1v) is 7.90. The van der Waals surface area contributed by atoms with E-state index in [1.165, 1.54) is 10.8 Å². The Balaban J connectivity index is 2.03. The predicted octanol–water partition coefficient (Wildman–Crippen LogP) is 0.692. The number of nitrogens with one attached hydrogen (secondary N) is 1. The number of hydrogen-bond donors (Lipinski definition) is 1. The number of rotatable bonds is 3. The van der Waals surface area contributed by atoms with Crippen molar-refractivity contribution >= 4 is 33.1 Å². The zero-order valence-electron chi connectivity index (χ0n) is 12.1. The fourth-order valence-corrected chi connectivity index (χ4v) is 2.89. The van der Waals surface area contributed by atoms with Gasteiger partial charge in [0.05, 0.1) is 19.4 Å². The van der Waals surface area contributed by atoms with Crippen LogP contribution in [0.25, 0.3) is 11.3 Å². The fraction of sp³-hybridized carbons (Fsp3) is 0.538. The van der Waals surface area contributed by atoms with Gasteiger partial charge in [-0.15, -0.1) is 0 Å². The third-order valence-electron chi connectivity index (χ3n) is 3.70. The van der Waals surface area contributed by atoms with Crippen LogP contribution in [0.15, 0.2) is 15.6 Å². The van der Waals surface area contributed by atoms with Crippen molar-refractivity contribution < 1.29 is 9.53 Å². The van der Waals surface area contributed by atoms with E-state index in [1.54, 1.807) is 4.90 Å². The number of H-pyrrole nitrogens is 1. The molecule has 1 fully saturated rings. The van der Waals surface area contributed by atoms with Gasteiger partial charge in [0.15, 0.2) is 11.3 Å². The summed E-state index contributed by atoms with van der Waals surface area (Å²) in [6.45, 7) is 4.01. The first-order chi connectivity index (χ1) is 10.6. The standard InChI is InChI=1S/C13H16BrN5O3/c1-2-8(12(20)18-3-5-22-6-4-18)19-11-10(17-13(19)21)15-7-9(14)16-11/h7-8H,2-6H2,1H3,(H,15,17,21). The maximum atomic E-state index is 12.7. The number of hydrogen-bond acceptors (Lipinski definition) is 5. The van der Waals surface area contributed by atoms with E-state index in [-0.39, 0.29) is 11.6 Å². The molecule has 1 amide bonds. The molecule has 1 aliphatic rings. The third kappa shape index (κ3) is 2.66. The summed E-state index contributed by atoms with van der Waals surface area (Å²) in [5.74, 6) is -0.0874. The molecular weight excluding hydrogens is 354 g/mol. The number of fused-ring (bicyclic) bond motifs is 1. The second kappa shape index (κ2) is 6.17. The molecule has 8 nitrogen and oxygen atoms in total. The number of morpholine rings is 1. The number of ether oxygens (including phenoxy) is 1. The average molecular weight is 370 g/mol. The molecule has 0 saturated carbocycles. The van der Waals surface area contributed by atoms with Crippen LogP contribution in [0.2, 0.25) is 0 Å². The van der Waals surface area contributed by atoms with Crippen molar-refractivity contribution in [2.75, 3.05) is 26.3 Å². The quantitative estimate of drug-likeness (QED) is 0.858. The lowest BCUT2D eigenvalue weighted by molar-refractivity contribution is -0.139. The molecular formula is C13H16BrN5O3. The number of carbonyl (C=O) groups excluding carboxylic acids is 1. The normalized spacial score (nSPS) is 16.9. The van der Waals surface area contributed by atoms with Gasteiger partial charge in [-0.05, 0) is 22.4 Å². The Morgan fingerprint density at radius 3 is 2.91 bits per heavy atom. The Morgan fingerprint density at radius 2 is 2.23 bits per heavy atom. The topological polar surface area (TPSA) is 93.1 Å². The van der Waals surface area contributed by atoms with Gasteiger partial charge in [0.25, 0.3) is 0 Å². The van der Waals surface area contributed by atoms with Crippen molar-refractivity contribution in [2.45, 2.75) is 19.4 Å². The summed E-state index contributed by atoms with van der Waals surface area (Å²) in [4.78, 5) is 37.8. The Labute approximate surface area is 134 Å². The number of carbonyl (C=O) groups is 1. The zero-order valence-corrected chi connectivity index (χ0v) is 13.7. The summed E-state index contributed by atoms with van der Waals surface area (Å²) < 4.78 is 7.18. The van der Waals surface area contributed by atoms with Gasteiger partial charge in [-0.3, -0.25) is 14.3 Å². The molecule has 0 aromatic carbocycles. The summed E-state index contributed by atoms with van der Waals surface area (Å²) in [6.07, 6.45) is 2.00. The molecule has 0 spiro atoms. The van der Waals surface area contributed by atoms with Crippen molar-refractivity contribution in [2.24, 2.45) is 0 Å². The number of amides is 1. The van der Waals surface area contributed by atoms with E-state index in [2.05, 4.69) is 30.9 Å². The number of imidazole rings is 1. The van der Waals surface area contributed by atoms with Crippen molar-refractivity contribution in [1.29, 1.82) is 0 Å². The first-order valence-electron chi connectivity index (χ1n) is 7.11. The molecule has 118 valence electrons. The summed E-state index contributed by atoms with van der Waals surface area (Å²) >= 11 is 3.25. The van der Waals surface area contributed by atoms with Gasteiger partial charge in [-0.1, -0.05) is 6.92 Å². The maximum absolute atomic E-state index is 12.7. The molecule has 0 bridgehead atoms. The highest BCUT2D eigenvalue weighted by Crippen LogP contribution is 2.19. The van der Waals surface area contributed by atoms with Crippen LogP contribution in [0.1, 0.15) is 19.4 Å². The van der Waals surface area contributed by atoms with Gasteiger partial charge in [-0.2, -0.15) is 0 Å². The van der Waals surface area contributed by atoms with Crippen LogP contribution in [0.4, 0.5) is 0 Å². The molecule has 1 aliphatic heterocycles. The fourth-order valence-electron chi connectivity index (χ4n) is 2.62. The minimum absolute atomic E-state index is 0.0874. The molecule has 3 heterocycles. The van der Waals surface area contributed by atoms with Crippen LogP contribution in [-0.2, 0) is 9.53 Å². The van der Waals surface area contributed by atoms with Gasteiger partial charge in [0, 0.05) is 13.1 Å². The predicted molar refractivity (Wildman–Crippen MR) is 82.6 cm³/mol. The van der Waals surface area contributed by atoms with Gasteiger partial charge in [0.2, 0.25) is 5.91 Å². The van der Waals surface area contributed by atoms with Crippen LogP contribution >= 0.6 is 15.9 Å². The van der Waals surface area contributed by atoms with E-state index in [1.807, 2.05) is 6.92 Å². The molecule has 1 unspecified atom stereocenters. The van der Waals surface area contributed by atoms with Crippen LogP contribution in [0, 0.1) is 0 Å². The lowest BCUT2D eigenvalue weighted by Crippen LogP contribution is -2.45. The molecule has 2 aromatic heterocycles. The molecule has 1 atom stereocenters. The Bertz CT molecular complexity index is 750. The number of aromatic nitrogens is 4. The van der Waals surface area contributed by atoms with E-state index in [9.17, 15) is 9.59 Å². The van der Waals surface area contributed by atoms with E-state index in [0.29, 0.717) is 48.6 Å². The van der Waals surface area contributed by atoms with Crippen LogP contribution in [-0.4, -0.2) is 56.6 Å². The second-order valence-corrected chi connectivity index (χ2v) is 5.84. The lowest BCUT2D eigenvalue weighted by atomic mass is 10.2. The monoisotopic (exact) mass is 369 g/mol. The highest BCUT2D eigenvalue weighted by Gasteiger charge is 2.29. The third-order valence-corrected chi connectivity index (χ3v) is 4.09. The minimum atomic E-state index is -0.594. The summed E-state index contributed by atoms with van der Waals surface area (Å²) in [6, 6.07) is -0.594. The Kier molecular flexibility index (Phi) is 4.25. The van der Waals surface area contributed by atoms with Crippen LogP contribution in [0.3, 0.4) is 0 Å². The molecule has 22 heavy (non-hydrogen) atoms. The van der Waals surface area contributed by atoms with E-state index in [4.69, 9.17) is 4.74 Å². The lowest BCUT2D eigenvalue weighted by Gasteiger charge is -2.30. The van der Waals surface area contributed by atoms with Gasteiger partial charge < -0.3 is 9.64 Å². The van der Waals surface area contributed by atoms with Crippen molar-refractivity contribution in [3.05, 3.63) is 21.3 Å². The van der Waals surface area contributed by atoms with Crippen LogP contribution < -0.4 is 5.69 Å². The molecule has 0 aliphatic carbocycles. The van der Waals surface area contributed by atoms with Crippen molar-refractivity contribution in [3.8, 4) is 0 Å². The molecule has 1 N–H and O–H groups in total. The van der Waals surface area contributed by atoms with Gasteiger partial charge >= 0.3 is 5.69 Å². The SMILES string of the molecule is CCC(C(=O)N1CCOCC1)n1c(=O)[nH]c2ncc(Br)nc21. The van der Waals surface area contributed by atoms with Crippen molar-refractivity contribution in [3.63, 3.8) is 0 Å². The van der Waals surface area contributed by atoms with E-state index in [0.717, 1.165) is 0 Å². The Hall–Kier alpha value is -1.74. The van der Waals surface area contributed by atoms with Gasteiger partial charge in [-0.25, -0.2) is 14.8 Å². The zero-order chi connectivity index (χ0) is 15.7. The summed E-state index contributed by atoms with van der Waals surface area (Å²) in [7, 11) is 0. The van der Waals surface area contributed by atoms with Crippen LogP contribution in [0.5, 0.6) is 0 Å². The number of halogens is 1. The summed E-state index contributed by atoms with van der Waals surface area (Å²) in [5, 5.41) is 0. The molecule has 0 radical (unpaired) electrons. The number of nitrogens with zero attached hydrogens (tertiary/aromatic N) is 4. The first kappa shape index (κ1) is 15.2. The summed E-state index contributed by atoms with van der Waals surface area (Å²) in [5.41, 5.74) is 0.385. The Morgan fingerprint density at radius 1 is 1.50 bits per heavy atom. The molecule has 9 heteroatoms. The highest BCUT2D eigenvalue weighted by molar-refractivity contribution is 9.10. The van der Waals surface area contributed by atoms with Gasteiger partial charge in [0.1, 0.15) is 10.6 Å². The molecule has 3 rings (SSSR count). The van der Waals surface area contributed by atoms with E-state index < -0.39 is 6.04 Å². The molecule has 1 saturated heterocycles.